The number of thioether (sulfide) groups is 1. The zero-order valence-electron chi connectivity index (χ0n) is 12.6. The molecular weight excluding hydrogens is 302 g/mol. The van der Waals surface area contributed by atoms with Crippen molar-refractivity contribution in [3.8, 4) is 0 Å². The minimum Gasteiger partial charge on any atom is -0.396 e. The molecule has 116 valence electrons. The van der Waals surface area contributed by atoms with Crippen LogP contribution in [0, 0.1) is 5.92 Å². The molecule has 0 bridgehead atoms. The van der Waals surface area contributed by atoms with Crippen LogP contribution in [0.4, 0.5) is 10.7 Å². The summed E-state index contributed by atoms with van der Waals surface area (Å²) in [6.07, 6.45) is 6.16. The van der Waals surface area contributed by atoms with Crippen LogP contribution in [0.15, 0.2) is 17.6 Å². The van der Waals surface area contributed by atoms with Crippen molar-refractivity contribution >= 4 is 39.7 Å². The molecule has 1 aromatic heterocycles. The number of piperidine rings is 1. The van der Waals surface area contributed by atoms with Crippen molar-refractivity contribution < 1.29 is 4.79 Å². The molecule has 1 aliphatic rings. The number of hydrogen-bond acceptors (Lipinski definition) is 5. The molecule has 0 radical (unpaired) electrons. The molecule has 2 rings (SSSR count). The topological polar surface area (TPSA) is 58.4 Å². The maximum Gasteiger partial charge on any atom is 0.263 e. The van der Waals surface area contributed by atoms with Gasteiger partial charge in [-0.3, -0.25) is 4.79 Å². The summed E-state index contributed by atoms with van der Waals surface area (Å²) in [6, 6.07) is 0. The summed E-state index contributed by atoms with van der Waals surface area (Å²) in [4.78, 5) is 16.2. The molecule has 1 unspecified atom stereocenters. The van der Waals surface area contributed by atoms with E-state index in [4.69, 9.17) is 5.73 Å². The summed E-state index contributed by atoms with van der Waals surface area (Å²) in [7, 11) is 0. The van der Waals surface area contributed by atoms with Gasteiger partial charge in [0.1, 0.15) is 9.88 Å². The normalized spacial score (nSPS) is 18.6. The fourth-order valence-electron chi connectivity index (χ4n) is 2.61. The molecule has 4 nitrogen and oxygen atoms in total. The Morgan fingerprint density at radius 2 is 2.43 bits per heavy atom. The number of carbonyl (C=O) groups is 1. The maximum absolute atomic E-state index is 12.2. The number of hydrogen-bond donors (Lipinski definition) is 2. The quantitative estimate of drug-likeness (QED) is 0.645. The van der Waals surface area contributed by atoms with Gasteiger partial charge >= 0.3 is 0 Å². The SMILES string of the molecule is C=CCNC(=O)c1sc(N2CCCC(C)C2)c(SC)c1N. The molecule has 1 amide bonds. The van der Waals surface area contributed by atoms with Crippen LogP contribution in [0.1, 0.15) is 29.4 Å². The van der Waals surface area contributed by atoms with Gasteiger partial charge in [-0.05, 0) is 25.0 Å². The summed E-state index contributed by atoms with van der Waals surface area (Å²) >= 11 is 3.13. The van der Waals surface area contributed by atoms with Gasteiger partial charge < -0.3 is 16.0 Å². The first kappa shape index (κ1) is 16.2. The van der Waals surface area contributed by atoms with E-state index in [1.807, 2.05) is 6.26 Å². The summed E-state index contributed by atoms with van der Waals surface area (Å²) in [5, 5.41) is 3.96. The van der Waals surface area contributed by atoms with E-state index in [-0.39, 0.29) is 5.91 Å². The minimum absolute atomic E-state index is 0.107. The van der Waals surface area contributed by atoms with Gasteiger partial charge in [0.2, 0.25) is 0 Å². The first-order chi connectivity index (χ1) is 10.1. The average Bonchev–Trinajstić information content (AvgIpc) is 2.81. The van der Waals surface area contributed by atoms with Gasteiger partial charge in [0, 0.05) is 19.6 Å². The zero-order chi connectivity index (χ0) is 15.4. The Labute approximate surface area is 134 Å². The zero-order valence-corrected chi connectivity index (χ0v) is 14.3. The van der Waals surface area contributed by atoms with E-state index in [1.165, 1.54) is 24.2 Å². The lowest BCUT2D eigenvalue weighted by molar-refractivity contribution is 0.0963. The third-order valence-electron chi connectivity index (χ3n) is 3.64. The Kier molecular flexibility index (Phi) is 5.58. The molecule has 2 heterocycles. The molecule has 1 atom stereocenters. The van der Waals surface area contributed by atoms with Crippen LogP contribution in [0.5, 0.6) is 0 Å². The van der Waals surface area contributed by atoms with Gasteiger partial charge in [-0.25, -0.2) is 0 Å². The van der Waals surface area contributed by atoms with Crippen LogP contribution in [0.2, 0.25) is 0 Å². The minimum atomic E-state index is -0.107. The van der Waals surface area contributed by atoms with E-state index in [9.17, 15) is 4.79 Å². The molecule has 21 heavy (non-hydrogen) atoms. The molecule has 1 aromatic rings. The van der Waals surface area contributed by atoms with E-state index < -0.39 is 0 Å². The third kappa shape index (κ3) is 3.55. The molecule has 3 N–H and O–H groups in total. The summed E-state index contributed by atoms with van der Waals surface area (Å²) in [5.41, 5.74) is 6.82. The second-order valence-corrected chi connectivity index (χ2v) is 7.19. The molecule has 1 saturated heterocycles. The first-order valence-electron chi connectivity index (χ1n) is 7.18. The lowest BCUT2D eigenvalue weighted by atomic mass is 10.0. The van der Waals surface area contributed by atoms with E-state index in [0.29, 0.717) is 23.0 Å². The van der Waals surface area contributed by atoms with Crippen molar-refractivity contribution in [2.24, 2.45) is 5.92 Å². The fraction of sp³-hybridized carbons (Fsp3) is 0.533. The van der Waals surface area contributed by atoms with Crippen molar-refractivity contribution in [2.75, 3.05) is 36.5 Å². The average molecular weight is 326 g/mol. The van der Waals surface area contributed by atoms with Crippen molar-refractivity contribution in [3.05, 3.63) is 17.5 Å². The first-order valence-corrected chi connectivity index (χ1v) is 9.22. The highest BCUT2D eigenvalue weighted by molar-refractivity contribution is 7.99. The summed E-state index contributed by atoms with van der Waals surface area (Å²) < 4.78 is 0. The van der Waals surface area contributed by atoms with Gasteiger partial charge in [0.25, 0.3) is 5.91 Å². The number of anilines is 2. The second-order valence-electron chi connectivity index (χ2n) is 5.38. The largest absolute Gasteiger partial charge is 0.396 e. The monoisotopic (exact) mass is 325 g/mol. The third-order valence-corrected chi connectivity index (χ3v) is 5.86. The van der Waals surface area contributed by atoms with Crippen LogP contribution < -0.4 is 16.0 Å². The van der Waals surface area contributed by atoms with Crippen molar-refractivity contribution in [1.82, 2.24) is 5.32 Å². The van der Waals surface area contributed by atoms with Crippen LogP contribution in [-0.4, -0.2) is 31.8 Å². The number of rotatable bonds is 5. The number of thiophene rings is 1. The predicted molar refractivity (Wildman–Crippen MR) is 93.7 cm³/mol. The predicted octanol–water partition coefficient (Wildman–Crippen LogP) is 3.20. The molecule has 0 spiro atoms. The van der Waals surface area contributed by atoms with Crippen LogP contribution in [-0.2, 0) is 0 Å². The smallest absolute Gasteiger partial charge is 0.263 e. The molecule has 0 aromatic carbocycles. The highest BCUT2D eigenvalue weighted by Crippen LogP contribution is 2.44. The number of nitrogens with zero attached hydrogens (tertiary/aromatic N) is 1. The van der Waals surface area contributed by atoms with Crippen LogP contribution in [0.25, 0.3) is 0 Å². The van der Waals surface area contributed by atoms with Crippen molar-refractivity contribution in [1.29, 1.82) is 0 Å². The van der Waals surface area contributed by atoms with Crippen molar-refractivity contribution in [3.63, 3.8) is 0 Å². The Hall–Kier alpha value is -1.14. The summed E-state index contributed by atoms with van der Waals surface area (Å²) in [5.74, 6) is 0.582. The molecule has 1 fully saturated rings. The number of nitrogens with two attached hydrogens (primary N) is 1. The Bertz CT molecular complexity index is 527. The Morgan fingerprint density at radius 1 is 1.67 bits per heavy atom. The fourth-order valence-corrected chi connectivity index (χ4v) is 4.74. The number of nitrogen functional groups attached to an aromatic ring is 1. The molecule has 1 aliphatic heterocycles. The number of amides is 1. The molecule has 0 saturated carbocycles. The highest BCUT2D eigenvalue weighted by Gasteiger charge is 2.26. The van der Waals surface area contributed by atoms with Gasteiger partial charge in [-0.15, -0.1) is 29.7 Å². The Morgan fingerprint density at radius 3 is 3.05 bits per heavy atom. The number of nitrogens with one attached hydrogen (secondary N) is 1. The van der Waals surface area contributed by atoms with E-state index in [0.717, 1.165) is 23.0 Å². The van der Waals surface area contributed by atoms with E-state index in [1.54, 1.807) is 17.8 Å². The lowest BCUT2D eigenvalue weighted by Gasteiger charge is -2.32. The van der Waals surface area contributed by atoms with Gasteiger partial charge in [0.15, 0.2) is 0 Å². The van der Waals surface area contributed by atoms with E-state index in [2.05, 4.69) is 23.7 Å². The van der Waals surface area contributed by atoms with E-state index >= 15 is 0 Å². The van der Waals surface area contributed by atoms with Crippen LogP contribution in [0.3, 0.4) is 0 Å². The van der Waals surface area contributed by atoms with Gasteiger partial charge in [-0.2, -0.15) is 0 Å². The number of carbonyl (C=O) groups excluding carboxylic acids is 1. The maximum atomic E-state index is 12.2. The standard InChI is InChI=1S/C15H23N3OS2/c1-4-7-17-14(19)12-11(16)13(20-3)15(21-12)18-8-5-6-10(2)9-18/h4,10H,1,5-9,16H2,2-3H3,(H,17,19). The highest BCUT2D eigenvalue weighted by atomic mass is 32.2. The second kappa shape index (κ2) is 7.22. The lowest BCUT2D eigenvalue weighted by Crippen LogP contribution is -2.33. The molecular formula is C15H23N3OS2. The Balaban J connectivity index is 2.29. The van der Waals surface area contributed by atoms with Crippen LogP contribution >= 0.6 is 23.1 Å². The molecule has 6 heteroatoms. The van der Waals surface area contributed by atoms with Crippen molar-refractivity contribution in [2.45, 2.75) is 24.7 Å². The molecule has 0 aliphatic carbocycles. The summed E-state index contributed by atoms with van der Waals surface area (Å²) in [6.45, 7) is 8.44. The van der Waals surface area contributed by atoms with Gasteiger partial charge in [-0.1, -0.05) is 13.0 Å². The van der Waals surface area contributed by atoms with Gasteiger partial charge in [0.05, 0.1) is 10.6 Å².